The first-order valence-corrected chi connectivity index (χ1v) is 9.35. The third-order valence-corrected chi connectivity index (χ3v) is 5.10. The van der Waals surface area contributed by atoms with Crippen molar-refractivity contribution in [3.63, 3.8) is 0 Å². The Labute approximate surface area is 155 Å². The minimum Gasteiger partial charge on any atom is -0.339 e. The van der Waals surface area contributed by atoms with Gasteiger partial charge in [-0.05, 0) is 57.6 Å². The van der Waals surface area contributed by atoms with Crippen molar-refractivity contribution in [2.45, 2.75) is 40.7 Å². The first-order chi connectivity index (χ1) is 12.7. The molecule has 0 spiro atoms. The molecule has 6 heteroatoms. The first kappa shape index (κ1) is 18.3. The molecule has 0 aliphatic rings. The number of aromatic nitrogens is 4. The molecule has 3 aromatic heterocycles. The number of anilines is 2. The van der Waals surface area contributed by atoms with E-state index in [-0.39, 0.29) is 0 Å². The van der Waals surface area contributed by atoms with Gasteiger partial charge in [0.1, 0.15) is 17.8 Å². The van der Waals surface area contributed by atoms with Crippen LogP contribution in [0.15, 0.2) is 30.9 Å². The summed E-state index contributed by atoms with van der Waals surface area (Å²) in [6.45, 7) is 13.0. The lowest BCUT2D eigenvalue weighted by Crippen LogP contribution is -2.25. The smallest absolute Gasteiger partial charge is 0.145 e. The van der Waals surface area contributed by atoms with Crippen molar-refractivity contribution in [3.05, 3.63) is 42.1 Å². The van der Waals surface area contributed by atoms with E-state index in [4.69, 9.17) is 0 Å². The molecule has 1 N–H and O–H groups in total. The highest BCUT2D eigenvalue weighted by molar-refractivity contribution is 5.93. The SMILES string of the molecule is CCN(CC)CCCn1c(C)c(C)c2c(Nc3ccncc3)ncnc21. The predicted octanol–water partition coefficient (Wildman–Crippen LogP) is 3.92. The summed E-state index contributed by atoms with van der Waals surface area (Å²) >= 11 is 0. The minimum atomic E-state index is 0.851. The molecule has 0 aliphatic carbocycles. The van der Waals surface area contributed by atoms with Gasteiger partial charge in [-0.3, -0.25) is 4.98 Å². The number of nitrogens with zero attached hydrogens (tertiary/aromatic N) is 5. The van der Waals surface area contributed by atoms with E-state index in [0.717, 1.165) is 55.1 Å². The maximum atomic E-state index is 4.59. The predicted molar refractivity (Wildman–Crippen MR) is 107 cm³/mol. The van der Waals surface area contributed by atoms with Crippen LogP contribution < -0.4 is 5.32 Å². The van der Waals surface area contributed by atoms with Crippen LogP contribution in [-0.2, 0) is 6.54 Å². The molecular weight excluding hydrogens is 324 g/mol. The molecule has 0 fully saturated rings. The van der Waals surface area contributed by atoms with Crippen molar-refractivity contribution in [2.24, 2.45) is 0 Å². The summed E-state index contributed by atoms with van der Waals surface area (Å²) in [4.78, 5) is 15.6. The first-order valence-electron chi connectivity index (χ1n) is 9.35. The number of pyridine rings is 1. The fourth-order valence-corrected chi connectivity index (χ4v) is 3.40. The van der Waals surface area contributed by atoms with Crippen LogP contribution in [0.5, 0.6) is 0 Å². The van der Waals surface area contributed by atoms with Gasteiger partial charge in [0.2, 0.25) is 0 Å². The number of hydrogen-bond donors (Lipinski definition) is 1. The van der Waals surface area contributed by atoms with Gasteiger partial charge in [-0.25, -0.2) is 9.97 Å². The zero-order chi connectivity index (χ0) is 18.5. The molecule has 0 bridgehead atoms. The van der Waals surface area contributed by atoms with Gasteiger partial charge in [0.15, 0.2) is 0 Å². The Hall–Kier alpha value is -2.47. The monoisotopic (exact) mass is 352 g/mol. The average molecular weight is 352 g/mol. The molecule has 0 unspecified atom stereocenters. The van der Waals surface area contributed by atoms with E-state index in [9.17, 15) is 0 Å². The number of nitrogens with one attached hydrogen (secondary N) is 1. The van der Waals surface area contributed by atoms with Gasteiger partial charge in [-0.15, -0.1) is 0 Å². The van der Waals surface area contributed by atoms with E-state index < -0.39 is 0 Å². The molecule has 26 heavy (non-hydrogen) atoms. The van der Waals surface area contributed by atoms with E-state index in [1.165, 1.54) is 11.3 Å². The van der Waals surface area contributed by atoms with E-state index in [0.29, 0.717) is 0 Å². The maximum Gasteiger partial charge on any atom is 0.145 e. The Bertz CT molecular complexity index is 852. The normalized spacial score (nSPS) is 11.4. The van der Waals surface area contributed by atoms with E-state index >= 15 is 0 Å². The Morgan fingerprint density at radius 3 is 2.50 bits per heavy atom. The van der Waals surface area contributed by atoms with Crippen molar-refractivity contribution in [2.75, 3.05) is 25.0 Å². The third kappa shape index (κ3) is 3.70. The van der Waals surface area contributed by atoms with E-state index in [2.05, 4.69) is 57.4 Å². The quantitative estimate of drug-likeness (QED) is 0.666. The van der Waals surface area contributed by atoms with Gasteiger partial charge in [-0.1, -0.05) is 13.8 Å². The number of hydrogen-bond acceptors (Lipinski definition) is 5. The molecule has 0 radical (unpaired) electrons. The second kappa shape index (κ2) is 8.27. The topological polar surface area (TPSA) is 58.9 Å². The lowest BCUT2D eigenvalue weighted by atomic mass is 10.2. The second-order valence-electron chi connectivity index (χ2n) is 6.52. The van der Waals surface area contributed by atoms with Gasteiger partial charge in [0, 0.05) is 30.3 Å². The Morgan fingerprint density at radius 2 is 1.81 bits per heavy atom. The largest absolute Gasteiger partial charge is 0.339 e. The molecule has 6 nitrogen and oxygen atoms in total. The zero-order valence-corrected chi connectivity index (χ0v) is 16.2. The molecule has 0 saturated carbocycles. The molecule has 0 aromatic carbocycles. The molecule has 138 valence electrons. The van der Waals surface area contributed by atoms with Crippen LogP contribution in [0.3, 0.4) is 0 Å². The highest BCUT2D eigenvalue weighted by Gasteiger charge is 2.16. The Balaban J connectivity index is 1.89. The van der Waals surface area contributed by atoms with Crippen molar-refractivity contribution in [3.8, 4) is 0 Å². The number of rotatable bonds is 8. The summed E-state index contributed by atoms with van der Waals surface area (Å²) in [6, 6.07) is 3.88. The van der Waals surface area contributed by atoms with Crippen LogP contribution in [0.25, 0.3) is 11.0 Å². The number of aryl methyl sites for hydroxylation is 2. The summed E-state index contributed by atoms with van der Waals surface area (Å²) in [7, 11) is 0. The molecule has 0 aliphatic heterocycles. The standard InChI is InChI=1S/C20H28N6/c1-5-25(6-2)12-7-13-26-16(4)15(3)18-19(22-14-23-20(18)26)24-17-8-10-21-11-9-17/h8-11,14H,5-7,12-13H2,1-4H3,(H,21,22,23,24). The highest BCUT2D eigenvalue weighted by atomic mass is 15.1. The molecule has 0 amide bonds. The minimum absolute atomic E-state index is 0.851. The van der Waals surface area contributed by atoms with Gasteiger partial charge >= 0.3 is 0 Å². The molecule has 0 atom stereocenters. The lowest BCUT2D eigenvalue weighted by Gasteiger charge is -2.18. The van der Waals surface area contributed by atoms with Crippen molar-refractivity contribution in [1.82, 2.24) is 24.4 Å². The van der Waals surface area contributed by atoms with E-state index in [1.54, 1.807) is 18.7 Å². The van der Waals surface area contributed by atoms with Crippen molar-refractivity contribution >= 4 is 22.5 Å². The third-order valence-electron chi connectivity index (χ3n) is 5.10. The molecule has 3 aromatic rings. The highest BCUT2D eigenvalue weighted by Crippen LogP contribution is 2.30. The summed E-state index contributed by atoms with van der Waals surface area (Å²) in [5, 5.41) is 4.51. The van der Waals surface area contributed by atoms with E-state index in [1.807, 2.05) is 12.1 Å². The molecular formula is C20H28N6. The van der Waals surface area contributed by atoms with Crippen LogP contribution in [-0.4, -0.2) is 44.1 Å². The fraction of sp³-hybridized carbons (Fsp3) is 0.450. The summed E-state index contributed by atoms with van der Waals surface area (Å²) in [5.74, 6) is 0.851. The molecule has 3 rings (SSSR count). The van der Waals surface area contributed by atoms with Crippen LogP contribution in [0.4, 0.5) is 11.5 Å². The molecule has 3 heterocycles. The number of fused-ring (bicyclic) bond motifs is 1. The average Bonchev–Trinajstić information content (AvgIpc) is 2.91. The maximum absolute atomic E-state index is 4.59. The lowest BCUT2D eigenvalue weighted by molar-refractivity contribution is 0.293. The van der Waals surface area contributed by atoms with Crippen LogP contribution in [0, 0.1) is 13.8 Å². The van der Waals surface area contributed by atoms with Gasteiger partial charge in [0.25, 0.3) is 0 Å². The van der Waals surface area contributed by atoms with Crippen LogP contribution in [0.2, 0.25) is 0 Å². The second-order valence-corrected chi connectivity index (χ2v) is 6.52. The fourth-order valence-electron chi connectivity index (χ4n) is 3.40. The Kier molecular flexibility index (Phi) is 5.83. The Morgan fingerprint density at radius 1 is 1.08 bits per heavy atom. The molecule has 0 saturated heterocycles. The van der Waals surface area contributed by atoms with Crippen molar-refractivity contribution < 1.29 is 0 Å². The van der Waals surface area contributed by atoms with Gasteiger partial charge < -0.3 is 14.8 Å². The van der Waals surface area contributed by atoms with Crippen LogP contribution in [0.1, 0.15) is 31.5 Å². The van der Waals surface area contributed by atoms with Gasteiger partial charge in [0.05, 0.1) is 5.39 Å². The summed E-state index contributed by atoms with van der Waals surface area (Å²) in [6.07, 6.45) is 6.31. The summed E-state index contributed by atoms with van der Waals surface area (Å²) in [5.41, 5.74) is 4.48. The van der Waals surface area contributed by atoms with Crippen LogP contribution >= 0.6 is 0 Å². The van der Waals surface area contributed by atoms with Crippen molar-refractivity contribution in [1.29, 1.82) is 0 Å². The zero-order valence-electron chi connectivity index (χ0n) is 16.2. The summed E-state index contributed by atoms with van der Waals surface area (Å²) < 4.78 is 2.33. The van der Waals surface area contributed by atoms with Gasteiger partial charge in [-0.2, -0.15) is 0 Å².